The number of aromatic nitrogens is 1. The van der Waals surface area contributed by atoms with Gasteiger partial charge in [-0.25, -0.2) is 0 Å². The SMILES string of the molecule is CCNC(C)c1ccc(-c2cnccc2C(F)(F)F)cc1. The van der Waals surface area contributed by atoms with Gasteiger partial charge in [0.1, 0.15) is 0 Å². The summed E-state index contributed by atoms with van der Waals surface area (Å²) in [6.45, 7) is 4.86. The second-order valence-electron chi connectivity index (χ2n) is 4.82. The van der Waals surface area contributed by atoms with E-state index in [1.54, 1.807) is 12.1 Å². The van der Waals surface area contributed by atoms with Gasteiger partial charge in [-0.2, -0.15) is 13.2 Å². The normalized spacial score (nSPS) is 13.2. The highest BCUT2D eigenvalue weighted by molar-refractivity contribution is 5.67. The van der Waals surface area contributed by atoms with E-state index in [0.29, 0.717) is 5.56 Å². The highest BCUT2D eigenvalue weighted by Gasteiger charge is 2.33. The Bertz CT molecular complexity index is 591. The van der Waals surface area contributed by atoms with Crippen LogP contribution >= 0.6 is 0 Å². The van der Waals surface area contributed by atoms with Crippen molar-refractivity contribution in [1.82, 2.24) is 10.3 Å². The van der Waals surface area contributed by atoms with Crippen molar-refractivity contribution in [1.29, 1.82) is 0 Å². The molecule has 0 amide bonds. The first-order valence-corrected chi connectivity index (χ1v) is 6.78. The molecule has 0 aliphatic heterocycles. The maximum absolute atomic E-state index is 13.0. The monoisotopic (exact) mass is 294 g/mol. The summed E-state index contributed by atoms with van der Waals surface area (Å²) in [5.74, 6) is 0. The standard InChI is InChI=1S/C16H17F3N2/c1-3-21-11(2)12-4-6-13(7-5-12)14-10-20-9-8-15(14)16(17,18)19/h4-11,21H,3H2,1-2H3. The summed E-state index contributed by atoms with van der Waals surface area (Å²) < 4.78 is 39.0. The zero-order valence-electron chi connectivity index (χ0n) is 11.9. The van der Waals surface area contributed by atoms with Crippen molar-refractivity contribution < 1.29 is 13.2 Å². The van der Waals surface area contributed by atoms with Gasteiger partial charge >= 0.3 is 6.18 Å². The first-order chi connectivity index (χ1) is 9.93. The van der Waals surface area contributed by atoms with Crippen LogP contribution in [0.25, 0.3) is 11.1 Å². The van der Waals surface area contributed by atoms with Crippen LogP contribution < -0.4 is 5.32 Å². The smallest absolute Gasteiger partial charge is 0.310 e. The van der Waals surface area contributed by atoms with Crippen molar-refractivity contribution in [3.63, 3.8) is 0 Å². The Morgan fingerprint density at radius 1 is 1.14 bits per heavy atom. The molecule has 0 aliphatic carbocycles. The zero-order valence-corrected chi connectivity index (χ0v) is 11.9. The van der Waals surface area contributed by atoms with Crippen LogP contribution in [0.3, 0.4) is 0 Å². The largest absolute Gasteiger partial charge is 0.417 e. The van der Waals surface area contributed by atoms with Crippen molar-refractivity contribution in [2.75, 3.05) is 6.54 Å². The average molecular weight is 294 g/mol. The van der Waals surface area contributed by atoms with Gasteiger partial charge in [-0.05, 0) is 30.7 Å². The van der Waals surface area contributed by atoms with Crippen molar-refractivity contribution >= 4 is 0 Å². The van der Waals surface area contributed by atoms with Gasteiger partial charge in [0.15, 0.2) is 0 Å². The maximum atomic E-state index is 13.0. The van der Waals surface area contributed by atoms with E-state index in [1.807, 2.05) is 26.0 Å². The Balaban J connectivity index is 2.36. The van der Waals surface area contributed by atoms with Gasteiger partial charge in [-0.1, -0.05) is 31.2 Å². The van der Waals surface area contributed by atoms with Crippen LogP contribution in [-0.4, -0.2) is 11.5 Å². The highest BCUT2D eigenvalue weighted by Crippen LogP contribution is 2.36. The molecule has 1 heterocycles. The zero-order chi connectivity index (χ0) is 15.5. The molecule has 21 heavy (non-hydrogen) atoms. The fraction of sp³-hybridized carbons (Fsp3) is 0.312. The number of alkyl halides is 3. The van der Waals surface area contributed by atoms with Gasteiger partial charge < -0.3 is 5.32 Å². The number of pyridine rings is 1. The Hall–Kier alpha value is -1.88. The summed E-state index contributed by atoms with van der Waals surface area (Å²) in [7, 11) is 0. The highest BCUT2D eigenvalue weighted by atomic mass is 19.4. The molecule has 112 valence electrons. The minimum absolute atomic E-state index is 0.104. The van der Waals surface area contributed by atoms with E-state index in [4.69, 9.17) is 0 Å². The molecule has 0 bridgehead atoms. The lowest BCUT2D eigenvalue weighted by molar-refractivity contribution is -0.137. The molecule has 1 N–H and O–H groups in total. The molecule has 0 saturated heterocycles. The molecule has 0 aliphatic rings. The van der Waals surface area contributed by atoms with Crippen LogP contribution in [0.5, 0.6) is 0 Å². The summed E-state index contributed by atoms with van der Waals surface area (Å²) in [6.07, 6.45) is -1.96. The van der Waals surface area contributed by atoms with Crippen LogP contribution in [0.2, 0.25) is 0 Å². The molecule has 0 radical (unpaired) electrons. The van der Waals surface area contributed by atoms with E-state index in [0.717, 1.165) is 24.4 Å². The second kappa shape index (κ2) is 6.26. The molecule has 2 nitrogen and oxygen atoms in total. The predicted octanol–water partition coefficient (Wildman–Crippen LogP) is 4.44. The summed E-state index contributed by atoms with van der Waals surface area (Å²) >= 11 is 0. The van der Waals surface area contributed by atoms with Crippen molar-refractivity contribution in [2.45, 2.75) is 26.1 Å². The first-order valence-electron chi connectivity index (χ1n) is 6.78. The molecule has 5 heteroatoms. The van der Waals surface area contributed by atoms with E-state index < -0.39 is 11.7 Å². The molecule has 1 aromatic carbocycles. The third-order valence-corrected chi connectivity index (χ3v) is 3.36. The Labute approximate surface area is 122 Å². The molecule has 0 spiro atoms. The molecule has 0 fully saturated rings. The Morgan fingerprint density at radius 3 is 2.38 bits per heavy atom. The molecular formula is C16H17F3N2. The van der Waals surface area contributed by atoms with Crippen LogP contribution in [0.4, 0.5) is 13.2 Å². The fourth-order valence-corrected chi connectivity index (χ4v) is 2.25. The molecular weight excluding hydrogens is 277 g/mol. The first kappa shape index (κ1) is 15.5. The van der Waals surface area contributed by atoms with Crippen molar-refractivity contribution in [3.8, 4) is 11.1 Å². The van der Waals surface area contributed by atoms with Crippen LogP contribution in [-0.2, 0) is 6.18 Å². The molecule has 2 aromatic rings. The number of hydrogen-bond donors (Lipinski definition) is 1. The molecule has 1 unspecified atom stereocenters. The number of nitrogens with one attached hydrogen (secondary N) is 1. The third kappa shape index (κ3) is 3.61. The summed E-state index contributed by atoms with van der Waals surface area (Å²) in [6, 6.07) is 8.26. The summed E-state index contributed by atoms with van der Waals surface area (Å²) in [5.41, 5.74) is 0.999. The molecule has 1 atom stereocenters. The number of hydrogen-bond acceptors (Lipinski definition) is 2. The van der Waals surface area contributed by atoms with Gasteiger partial charge in [0.25, 0.3) is 0 Å². The quantitative estimate of drug-likeness (QED) is 0.902. The number of rotatable bonds is 4. The van der Waals surface area contributed by atoms with Gasteiger partial charge in [0, 0.05) is 24.0 Å². The van der Waals surface area contributed by atoms with Crippen molar-refractivity contribution in [3.05, 3.63) is 53.9 Å². The maximum Gasteiger partial charge on any atom is 0.417 e. The predicted molar refractivity (Wildman–Crippen MR) is 76.8 cm³/mol. The van der Waals surface area contributed by atoms with Gasteiger partial charge in [-0.3, -0.25) is 4.98 Å². The average Bonchev–Trinajstić information content (AvgIpc) is 2.47. The van der Waals surface area contributed by atoms with Crippen LogP contribution in [0.15, 0.2) is 42.7 Å². The van der Waals surface area contributed by atoms with Crippen LogP contribution in [0, 0.1) is 0 Å². The van der Waals surface area contributed by atoms with E-state index in [-0.39, 0.29) is 11.6 Å². The Morgan fingerprint density at radius 2 is 1.81 bits per heavy atom. The van der Waals surface area contributed by atoms with Crippen molar-refractivity contribution in [2.24, 2.45) is 0 Å². The minimum Gasteiger partial charge on any atom is -0.310 e. The van der Waals surface area contributed by atoms with Crippen LogP contribution in [0.1, 0.15) is 31.0 Å². The molecule has 2 rings (SSSR count). The van der Waals surface area contributed by atoms with Gasteiger partial charge in [-0.15, -0.1) is 0 Å². The lowest BCUT2D eigenvalue weighted by Gasteiger charge is -2.15. The van der Waals surface area contributed by atoms with Gasteiger partial charge in [0.05, 0.1) is 5.56 Å². The van der Waals surface area contributed by atoms with E-state index in [2.05, 4.69) is 10.3 Å². The summed E-state index contributed by atoms with van der Waals surface area (Å²) in [4.78, 5) is 3.81. The minimum atomic E-state index is -4.38. The lowest BCUT2D eigenvalue weighted by atomic mass is 9.99. The Kier molecular flexibility index (Phi) is 4.63. The lowest BCUT2D eigenvalue weighted by Crippen LogP contribution is -2.17. The number of nitrogens with zero attached hydrogens (tertiary/aromatic N) is 1. The second-order valence-corrected chi connectivity index (χ2v) is 4.82. The topological polar surface area (TPSA) is 24.9 Å². The van der Waals surface area contributed by atoms with E-state index in [9.17, 15) is 13.2 Å². The fourth-order valence-electron chi connectivity index (χ4n) is 2.25. The third-order valence-electron chi connectivity index (χ3n) is 3.36. The van der Waals surface area contributed by atoms with Gasteiger partial charge in [0.2, 0.25) is 0 Å². The van der Waals surface area contributed by atoms with E-state index in [1.165, 1.54) is 6.20 Å². The number of benzene rings is 1. The molecule has 0 saturated carbocycles. The molecule has 1 aromatic heterocycles. The van der Waals surface area contributed by atoms with E-state index >= 15 is 0 Å². The summed E-state index contributed by atoms with van der Waals surface area (Å²) in [5, 5.41) is 3.26. The number of halogens is 3.